The van der Waals surface area contributed by atoms with Crippen molar-refractivity contribution < 1.29 is 9.53 Å². The molecule has 1 aliphatic rings. The van der Waals surface area contributed by atoms with E-state index in [9.17, 15) is 9.59 Å². The molecule has 0 bridgehead atoms. The maximum Gasteiger partial charge on any atom is 0.258 e. The number of para-hydroxylation sites is 1. The Balaban J connectivity index is 1.29. The van der Waals surface area contributed by atoms with Crippen LogP contribution in [0, 0.1) is 6.92 Å². The van der Waals surface area contributed by atoms with Gasteiger partial charge < -0.3 is 14.6 Å². The zero-order chi connectivity index (χ0) is 20.2. The fourth-order valence-electron chi connectivity index (χ4n) is 3.65. The molecule has 1 aliphatic heterocycles. The van der Waals surface area contributed by atoms with Crippen LogP contribution in [0.2, 0.25) is 0 Å². The van der Waals surface area contributed by atoms with Crippen LogP contribution in [0.1, 0.15) is 24.2 Å². The Morgan fingerprint density at radius 1 is 1.34 bits per heavy atom. The molecule has 1 saturated heterocycles. The van der Waals surface area contributed by atoms with E-state index < -0.39 is 0 Å². The summed E-state index contributed by atoms with van der Waals surface area (Å²) in [5.74, 6) is 0.730. The quantitative estimate of drug-likeness (QED) is 0.685. The fraction of sp³-hybridized carbons (Fsp3) is 0.429. The van der Waals surface area contributed by atoms with Gasteiger partial charge in [0.25, 0.3) is 5.56 Å². The first-order valence-electron chi connectivity index (χ1n) is 9.95. The van der Waals surface area contributed by atoms with Gasteiger partial charge in [-0.1, -0.05) is 12.1 Å². The van der Waals surface area contributed by atoms with Crippen molar-refractivity contribution in [3.8, 4) is 0 Å². The highest BCUT2D eigenvalue weighted by atomic mass is 16.5. The molecule has 1 aromatic carbocycles. The van der Waals surface area contributed by atoms with E-state index in [4.69, 9.17) is 4.74 Å². The number of aromatic nitrogens is 4. The molecule has 3 aromatic rings. The number of H-pyrrole nitrogens is 1. The lowest BCUT2D eigenvalue weighted by Gasteiger charge is -2.33. The smallest absolute Gasteiger partial charge is 0.258 e. The molecule has 0 aliphatic carbocycles. The summed E-state index contributed by atoms with van der Waals surface area (Å²) in [4.78, 5) is 33.9. The SMILES string of the molecule is Cc1cnn(CC2CN(C(=O)CCCc3nc4ccccc4c(=O)[nH]3)CCO2)c1. The van der Waals surface area contributed by atoms with Crippen molar-refractivity contribution in [3.05, 3.63) is 58.4 Å². The Bertz CT molecular complexity index is 1060. The molecule has 152 valence electrons. The summed E-state index contributed by atoms with van der Waals surface area (Å²) in [6, 6.07) is 7.27. The van der Waals surface area contributed by atoms with Crippen LogP contribution >= 0.6 is 0 Å². The number of morpholine rings is 1. The average molecular weight is 395 g/mol. The van der Waals surface area contributed by atoms with E-state index in [1.54, 1.807) is 6.07 Å². The highest BCUT2D eigenvalue weighted by Gasteiger charge is 2.24. The first-order chi connectivity index (χ1) is 14.1. The Labute approximate surface area is 168 Å². The van der Waals surface area contributed by atoms with Gasteiger partial charge in [-0.05, 0) is 31.0 Å². The lowest BCUT2D eigenvalue weighted by molar-refractivity contribution is -0.139. The zero-order valence-electron chi connectivity index (χ0n) is 16.5. The number of carbonyl (C=O) groups is 1. The highest BCUT2D eigenvalue weighted by molar-refractivity contribution is 5.77. The molecule has 1 amide bonds. The number of benzene rings is 1. The van der Waals surface area contributed by atoms with E-state index in [0.29, 0.717) is 62.2 Å². The molecule has 8 nitrogen and oxygen atoms in total. The molecule has 8 heteroatoms. The number of carbonyl (C=O) groups excluding carboxylic acids is 1. The first-order valence-corrected chi connectivity index (χ1v) is 9.95. The molecule has 0 spiro atoms. The lowest BCUT2D eigenvalue weighted by Crippen LogP contribution is -2.47. The molecule has 4 rings (SSSR count). The predicted molar refractivity (Wildman–Crippen MR) is 109 cm³/mol. The summed E-state index contributed by atoms with van der Waals surface area (Å²) in [6.07, 6.45) is 5.36. The number of rotatable bonds is 6. The molecule has 2 aromatic heterocycles. The summed E-state index contributed by atoms with van der Waals surface area (Å²) in [6.45, 7) is 4.36. The van der Waals surface area contributed by atoms with Crippen LogP contribution in [0.25, 0.3) is 10.9 Å². The van der Waals surface area contributed by atoms with E-state index in [1.807, 2.05) is 47.1 Å². The van der Waals surface area contributed by atoms with Crippen molar-refractivity contribution in [3.63, 3.8) is 0 Å². The Morgan fingerprint density at radius 3 is 3.03 bits per heavy atom. The second-order valence-electron chi connectivity index (χ2n) is 7.46. The van der Waals surface area contributed by atoms with E-state index in [1.165, 1.54) is 0 Å². The summed E-state index contributed by atoms with van der Waals surface area (Å²) < 4.78 is 7.65. The molecule has 29 heavy (non-hydrogen) atoms. The molecule has 1 N–H and O–H groups in total. The Morgan fingerprint density at radius 2 is 2.21 bits per heavy atom. The molecule has 1 fully saturated rings. The fourth-order valence-corrected chi connectivity index (χ4v) is 3.65. The monoisotopic (exact) mass is 395 g/mol. The maximum atomic E-state index is 12.6. The standard InChI is InChI=1S/C21H25N5O3/c1-15-11-22-26(12-15)14-16-13-25(9-10-29-16)20(27)8-4-7-19-23-18-6-3-2-5-17(18)21(28)24-19/h2-3,5-6,11-12,16H,4,7-10,13-14H2,1H3,(H,23,24,28). The van der Waals surface area contributed by atoms with Crippen LogP contribution < -0.4 is 5.56 Å². The number of nitrogens with one attached hydrogen (secondary N) is 1. The van der Waals surface area contributed by atoms with E-state index in [-0.39, 0.29) is 17.6 Å². The van der Waals surface area contributed by atoms with Crippen LogP contribution in [0.5, 0.6) is 0 Å². The average Bonchev–Trinajstić information content (AvgIpc) is 3.13. The van der Waals surface area contributed by atoms with Gasteiger partial charge in [0, 0.05) is 32.1 Å². The minimum Gasteiger partial charge on any atom is -0.373 e. The van der Waals surface area contributed by atoms with Gasteiger partial charge in [0.2, 0.25) is 5.91 Å². The number of hydrogen-bond acceptors (Lipinski definition) is 5. The third-order valence-electron chi connectivity index (χ3n) is 5.11. The normalized spacial score (nSPS) is 17.0. The largest absolute Gasteiger partial charge is 0.373 e. The third kappa shape index (κ3) is 4.71. The minimum atomic E-state index is -0.137. The first kappa shape index (κ1) is 19.3. The number of amides is 1. The molecule has 0 radical (unpaired) electrons. The second kappa shape index (κ2) is 8.57. The van der Waals surface area contributed by atoms with Gasteiger partial charge in [-0.2, -0.15) is 5.10 Å². The minimum absolute atomic E-state index is 0.0505. The Kier molecular flexibility index (Phi) is 5.71. The zero-order valence-corrected chi connectivity index (χ0v) is 16.5. The number of fused-ring (bicyclic) bond motifs is 1. The van der Waals surface area contributed by atoms with Crippen molar-refractivity contribution >= 4 is 16.8 Å². The van der Waals surface area contributed by atoms with Crippen molar-refractivity contribution in [2.24, 2.45) is 0 Å². The predicted octanol–water partition coefficient (Wildman–Crippen LogP) is 1.68. The summed E-state index contributed by atoms with van der Waals surface area (Å²) in [7, 11) is 0. The van der Waals surface area contributed by atoms with Crippen LogP contribution in [-0.4, -0.2) is 56.4 Å². The number of ether oxygens (including phenoxy) is 1. The highest BCUT2D eigenvalue weighted by Crippen LogP contribution is 2.12. The van der Waals surface area contributed by atoms with Gasteiger partial charge in [0.05, 0.1) is 36.4 Å². The number of aromatic amines is 1. The van der Waals surface area contributed by atoms with Crippen molar-refractivity contribution in [1.82, 2.24) is 24.6 Å². The molecule has 3 heterocycles. The molecule has 1 unspecified atom stereocenters. The third-order valence-corrected chi connectivity index (χ3v) is 5.11. The Hall–Kier alpha value is -3.00. The van der Waals surface area contributed by atoms with Gasteiger partial charge in [-0.25, -0.2) is 4.98 Å². The maximum absolute atomic E-state index is 12.6. The second-order valence-corrected chi connectivity index (χ2v) is 7.46. The van der Waals surface area contributed by atoms with Crippen molar-refractivity contribution in [2.45, 2.75) is 38.8 Å². The summed E-state index contributed by atoms with van der Waals surface area (Å²) in [5, 5.41) is 4.87. The number of nitrogens with zero attached hydrogens (tertiary/aromatic N) is 4. The summed E-state index contributed by atoms with van der Waals surface area (Å²) in [5.41, 5.74) is 1.65. The molecular formula is C21H25N5O3. The van der Waals surface area contributed by atoms with Crippen LogP contribution in [0.4, 0.5) is 0 Å². The van der Waals surface area contributed by atoms with Gasteiger partial charge in [-0.15, -0.1) is 0 Å². The van der Waals surface area contributed by atoms with Crippen LogP contribution in [0.15, 0.2) is 41.5 Å². The van der Waals surface area contributed by atoms with E-state index >= 15 is 0 Å². The van der Waals surface area contributed by atoms with Gasteiger partial charge in [0.15, 0.2) is 0 Å². The summed E-state index contributed by atoms with van der Waals surface area (Å²) >= 11 is 0. The van der Waals surface area contributed by atoms with E-state index in [0.717, 1.165) is 5.56 Å². The lowest BCUT2D eigenvalue weighted by atomic mass is 10.1. The van der Waals surface area contributed by atoms with Crippen molar-refractivity contribution in [2.75, 3.05) is 19.7 Å². The van der Waals surface area contributed by atoms with Crippen molar-refractivity contribution in [1.29, 1.82) is 0 Å². The van der Waals surface area contributed by atoms with Gasteiger partial charge in [-0.3, -0.25) is 14.3 Å². The molecule has 0 saturated carbocycles. The van der Waals surface area contributed by atoms with Crippen LogP contribution in [-0.2, 0) is 22.5 Å². The number of hydrogen-bond donors (Lipinski definition) is 1. The topological polar surface area (TPSA) is 93.1 Å². The molecule has 1 atom stereocenters. The van der Waals surface area contributed by atoms with Crippen LogP contribution in [0.3, 0.4) is 0 Å². The molecular weight excluding hydrogens is 370 g/mol. The number of aryl methyl sites for hydroxylation is 2. The van der Waals surface area contributed by atoms with Gasteiger partial charge in [0.1, 0.15) is 5.82 Å². The van der Waals surface area contributed by atoms with Gasteiger partial charge >= 0.3 is 0 Å². The van der Waals surface area contributed by atoms with E-state index in [2.05, 4.69) is 15.1 Å².